The van der Waals surface area contributed by atoms with Crippen LogP contribution in [0, 0.1) is 0 Å². The Morgan fingerprint density at radius 1 is 1.45 bits per heavy atom. The van der Waals surface area contributed by atoms with Crippen LogP contribution in [0.5, 0.6) is 0 Å². The maximum Gasteiger partial charge on any atom is 0.264 e. The van der Waals surface area contributed by atoms with Crippen molar-refractivity contribution < 1.29 is 9.00 Å². The third-order valence-electron chi connectivity index (χ3n) is 1.56. The third-order valence-corrected chi connectivity index (χ3v) is 4.43. The Bertz CT molecular complexity index is 256. The molecule has 0 radical (unpaired) electrons. The minimum Gasteiger partial charge on any atom is -0.271 e. The fourth-order valence-electron chi connectivity index (χ4n) is 1.06. The molecule has 1 amide bonds. The second-order valence-electron chi connectivity index (χ2n) is 2.51. The zero-order valence-corrected chi connectivity index (χ0v) is 8.49. The highest BCUT2D eigenvalue weighted by atomic mass is 79.9. The fraction of sp³-hybridized carbons (Fsp3) is 0.833. The van der Waals surface area contributed by atoms with Crippen LogP contribution in [0.3, 0.4) is 0 Å². The van der Waals surface area contributed by atoms with E-state index < -0.39 is 9.73 Å². The normalized spacial score (nSPS) is 21.5. The maximum atomic E-state index is 11.5. The first-order chi connectivity index (χ1) is 5.16. The van der Waals surface area contributed by atoms with Gasteiger partial charge in [-0.2, -0.15) is 4.36 Å². The summed E-state index contributed by atoms with van der Waals surface area (Å²) in [6, 6.07) is 0. The van der Waals surface area contributed by atoms with Gasteiger partial charge in [0.05, 0.1) is 15.1 Å². The number of carbonyl (C=O) groups excluding carboxylic acids is 1. The zero-order chi connectivity index (χ0) is 8.32. The van der Waals surface area contributed by atoms with Gasteiger partial charge in [0.15, 0.2) is 0 Å². The van der Waals surface area contributed by atoms with Crippen molar-refractivity contribution in [2.24, 2.45) is 4.36 Å². The van der Waals surface area contributed by atoms with E-state index >= 15 is 0 Å². The second kappa shape index (κ2) is 3.67. The molecule has 11 heavy (non-hydrogen) atoms. The highest BCUT2D eigenvalue weighted by molar-refractivity contribution is 9.09. The van der Waals surface area contributed by atoms with E-state index in [1.807, 2.05) is 0 Å². The minimum atomic E-state index is -2.12. The predicted molar refractivity (Wildman–Crippen MR) is 48.3 cm³/mol. The lowest BCUT2D eigenvalue weighted by Gasteiger charge is -1.95. The highest BCUT2D eigenvalue weighted by Gasteiger charge is 2.17. The summed E-state index contributed by atoms with van der Waals surface area (Å²) in [7, 11) is -2.12. The van der Waals surface area contributed by atoms with E-state index in [1.54, 1.807) is 0 Å². The van der Waals surface area contributed by atoms with Gasteiger partial charge in [-0.25, -0.2) is 4.21 Å². The molecule has 0 unspecified atom stereocenters. The molecule has 0 atom stereocenters. The molecule has 0 aromatic heterocycles. The number of hydrogen-bond acceptors (Lipinski definition) is 2. The van der Waals surface area contributed by atoms with E-state index in [1.165, 1.54) is 0 Å². The Morgan fingerprint density at radius 3 is 2.45 bits per heavy atom. The van der Waals surface area contributed by atoms with Crippen LogP contribution < -0.4 is 0 Å². The Balaban J connectivity index is 2.78. The molecular formula is C6H10BrNO2S. The van der Waals surface area contributed by atoms with Crippen LogP contribution in [0.15, 0.2) is 4.36 Å². The summed E-state index contributed by atoms with van der Waals surface area (Å²) in [6.07, 6.45) is 1.88. The van der Waals surface area contributed by atoms with Gasteiger partial charge in [0.1, 0.15) is 0 Å². The van der Waals surface area contributed by atoms with Crippen LogP contribution in [0.2, 0.25) is 0 Å². The molecular weight excluding hydrogens is 230 g/mol. The molecule has 0 bridgehead atoms. The molecule has 1 aliphatic rings. The molecule has 0 saturated carbocycles. The lowest BCUT2D eigenvalue weighted by molar-refractivity contribution is -0.115. The molecule has 0 spiro atoms. The Kier molecular flexibility index (Phi) is 3.06. The molecule has 0 aliphatic carbocycles. The number of carbonyl (C=O) groups is 1. The van der Waals surface area contributed by atoms with E-state index in [-0.39, 0.29) is 11.2 Å². The SMILES string of the molecule is O=C(CBr)N=S1(=O)CCCC1. The average Bonchev–Trinajstić information content (AvgIpc) is 2.36. The molecule has 1 aliphatic heterocycles. The van der Waals surface area contributed by atoms with Crippen molar-refractivity contribution in [2.45, 2.75) is 12.8 Å². The van der Waals surface area contributed by atoms with Crippen LogP contribution in [-0.2, 0) is 14.5 Å². The molecule has 5 heteroatoms. The summed E-state index contributed by atoms with van der Waals surface area (Å²) in [6.45, 7) is 0. The maximum absolute atomic E-state index is 11.5. The van der Waals surface area contributed by atoms with Crippen LogP contribution in [0.1, 0.15) is 12.8 Å². The van der Waals surface area contributed by atoms with E-state index in [0.29, 0.717) is 11.5 Å². The first-order valence-corrected chi connectivity index (χ1v) is 6.45. The van der Waals surface area contributed by atoms with E-state index in [2.05, 4.69) is 20.3 Å². The van der Waals surface area contributed by atoms with Gasteiger partial charge in [-0.3, -0.25) is 4.79 Å². The van der Waals surface area contributed by atoms with Gasteiger partial charge in [-0.15, -0.1) is 0 Å². The van der Waals surface area contributed by atoms with Gasteiger partial charge in [0, 0.05) is 11.5 Å². The molecule has 3 nitrogen and oxygen atoms in total. The predicted octanol–water partition coefficient (Wildman–Crippen LogP) is 1.17. The minimum absolute atomic E-state index is 0.185. The quantitative estimate of drug-likeness (QED) is 0.646. The van der Waals surface area contributed by atoms with Crippen molar-refractivity contribution in [3.05, 3.63) is 0 Å². The average molecular weight is 240 g/mol. The molecule has 1 rings (SSSR count). The topological polar surface area (TPSA) is 46.5 Å². The summed E-state index contributed by atoms with van der Waals surface area (Å²) in [5, 5.41) is 0.185. The first-order valence-electron chi connectivity index (χ1n) is 3.48. The van der Waals surface area contributed by atoms with Crippen LogP contribution in [-0.4, -0.2) is 27.0 Å². The zero-order valence-electron chi connectivity index (χ0n) is 6.09. The Labute approximate surface area is 74.9 Å². The third kappa shape index (κ3) is 2.56. The van der Waals surface area contributed by atoms with Crippen molar-refractivity contribution in [2.75, 3.05) is 16.8 Å². The largest absolute Gasteiger partial charge is 0.271 e. The van der Waals surface area contributed by atoms with Crippen molar-refractivity contribution in [1.29, 1.82) is 0 Å². The monoisotopic (exact) mass is 239 g/mol. The lowest BCUT2D eigenvalue weighted by Crippen LogP contribution is -2.06. The van der Waals surface area contributed by atoms with Crippen LogP contribution >= 0.6 is 15.9 Å². The van der Waals surface area contributed by atoms with Crippen molar-refractivity contribution in [1.82, 2.24) is 0 Å². The molecule has 1 saturated heterocycles. The molecule has 1 fully saturated rings. The lowest BCUT2D eigenvalue weighted by atomic mass is 10.4. The van der Waals surface area contributed by atoms with Gasteiger partial charge in [0.25, 0.3) is 5.91 Å². The van der Waals surface area contributed by atoms with Gasteiger partial charge >= 0.3 is 0 Å². The Hall–Kier alpha value is 0.1000. The summed E-state index contributed by atoms with van der Waals surface area (Å²) >= 11 is 2.98. The Morgan fingerprint density at radius 2 is 2.00 bits per heavy atom. The van der Waals surface area contributed by atoms with Crippen molar-refractivity contribution in [3.63, 3.8) is 0 Å². The van der Waals surface area contributed by atoms with Gasteiger partial charge in [-0.05, 0) is 12.8 Å². The van der Waals surface area contributed by atoms with Crippen molar-refractivity contribution >= 4 is 31.6 Å². The number of rotatable bonds is 1. The molecule has 0 aromatic rings. The second-order valence-corrected chi connectivity index (χ2v) is 5.61. The number of hydrogen-bond donors (Lipinski definition) is 0. The number of alkyl halides is 1. The van der Waals surface area contributed by atoms with Gasteiger partial charge in [-0.1, -0.05) is 15.9 Å². The van der Waals surface area contributed by atoms with E-state index in [9.17, 15) is 9.00 Å². The van der Waals surface area contributed by atoms with Crippen LogP contribution in [0.4, 0.5) is 0 Å². The van der Waals surface area contributed by atoms with Gasteiger partial charge < -0.3 is 0 Å². The van der Waals surface area contributed by atoms with Crippen LogP contribution in [0.25, 0.3) is 0 Å². The smallest absolute Gasteiger partial charge is 0.264 e. The summed E-state index contributed by atoms with van der Waals surface area (Å²) in [5.74, 6) is 0.911. The fourth-order valence-corrected chi connectivity index (χ4v) is 3.48. The summed E-state index contributed by atoms with van der Waals surface area (Å²) in [5.41, 5.74) is 0. The molecule has 0 N–H and O–H groups in total. The van der Waals surface area contributed by atoms with Gasteiger partial charge in [0.2, 0.25) is 0 Å². The van der Waals surface area contributed by atoms with Crippen molar-refractivity contribution in [3.8, 4) is 0 Å². The van der Waals surface area contributed by atoms with E-state index in [4.69, 9.17) is 0 Å². The van der Waals surface area contributed by atoms with E-state index in [0.717, 1.165) is 12.8 Å². The number of nitrogens with zero attached hydrogens (tertiary/aromatic N) is 1. The number of amides is 1. The highest BCUT2D eigenvalue weighted by Crippen LogP contribution is 2.13. The number of halogens is 1. The molecule has 0 aromatic carbocycles. The first kappa shape index (κ1) is 9.19. The standard InChI is InChI=1S/C6H10BrNO2S/c7-5-6(9)8-11(10)3-1-2-4-11/h1-5H2. The summed E-state index contributed by atoms with van der Waals surface area (Å²) < 4.78 is 15.2. The summed E-state index contributed by atoms with van der Waals surface area (Å²) in [4.78, 5) is 10.8. The molecule has 64 valence electrons. The molecule has 1 heterocycles.